The fourth-order valence-corrected chi connectivity index (χ4v) is 4.02. The molecule has 0 N–H and O–H groups in total. The largest absolute Gasteiger partial charge is 0.497 e. The maximum Gasteiger partial charge on any atom is 0.293 e. The quantitative estimate of drug-likeness (QED) is 0.434. The molecule has 0 saturated carbocycles. The third-order valence-electron chi connectivity index (χ3n) is 5.87. The Morgan fingerprint density at radius 3 is 2.41 bits per heavy atom. The highest BCUT2D eigenvalue weighted by molar-refractivity contribution is 5.76. The molecule has 0 atom stereocenters. The molecule has 0 unspecified atom stereocenters. The molecule has 1 fully saturated rings. The van der Waals surface area contributed by atoms with Gasteiger partial charge in [-0.25, -0.2) is 19.2 Å². The third kappa shape index (κ3) is 4.07. The summed E-state index contributed by atoms with van der Waals surface area (Å²) in [7, 11) is 1.61. The van der Waals surface area contributed by atoms with E-state index in [0.29, 0.717) is 49.2 Å². The van der Waals surface area contributed by atoms with E-state index in [4.69, 9.17) is 4.74 Å². The van der Waals surface area contributed by atoms with Crippen molar-refractivity contribution in [3.63, 3.8) is 0 Å². The summed E-state index contributed by atoms with van der Waals surface area (Å²) in [6.45, 7) is 3.95. The fourth-order valence-electron chi connectivity index (χ4n) is 4.02. The number of fused-ring (bicyclic) bond motifs is 1. The number of benzene rings is 1. The van der Waals surface area contributed by atoms with Crippen molar-refractivity contribution < 1.29 is 9.53 Å². The van der Waals surface area contributed by atoms with Crippen molar-refractivity contribution in [1.29, 1.82) is 0 Å². The van der Waals surface area contributed by atoms with E-state index in [1.54, 1.807) is 43.5 Å². The number of aromatic nitrogens is 6. The lowest BCUT2D eigenvalue weighted by Crippen LogP contribution is -2.50. The Kier molecular flexibility index (Phi) is 5.66. The summed E-state index contributed by atoms with van der Waals surface area (Å²) in [5, 5.41) is 8.87. The van der Waals surface area contributed by atoms with E-state index in [-0.39, 0.29) is 18.0 Å². The standard InChI is InChI=1S/C23H24N8O3/c1-16-26-30(15-21(32)28-10-12-29(13-11-28)23-24-8-3-9-25-23)22(33)20-14-19(27-31(16)20)17-4-6-18(34-2)7-5-17/h3-9,14H,10-13,15H2,1-2H3. The van der Waals surface area contributed by atoms with Crippen molar-refractivity contribution in [3.8, 4) is 17.0 Å². The van der Waals surface area contributed by atoms with Gasteiger partial charge in [0.25, 0.3) is 5.56 Å². The second-order valence-corrected chi connectivity index (χ2v) is 7.98. The molecule has 1 aromatic carbocycles. The van der Waals surface area contributed by atoms with Gasteiger partial charge in [-0.3, -0.25) is 9.59 Å². The number of rotatable bonds is 5. The van der Waals surface area contributed by atoms with Gasteiger partial charge in [-0.2, -0.15) is 10.2 Å². The molecule has 3 aromatic heterocycles. The second kappa shape index (κ2) is 8.93. The molecule has 0 bridgehead atoms. The molecule has 174 valence electrons. The topological polar surface area (TPSA) is 111 Å². The maximum atomic E-state index is 13.1. The zero-order valence-corrected chi connectivity index (χ0v) is 19.0. The van der Waals surface area contributed by atoms with Crippen molar-refractivity contribution in [2.45, 2.75) is 13.5 Å². The molecule has 5 rings (SSSR count). The van der Waals surface area contributed by atoms with E-state index in [2.05, 4.69) is 20.2 Å². The minimum absolute atomic E-state index is 0.124. The van der Waals surface area contributed by atoms with Crippen LogP contribution in [0.1, 0.15) is 5.82 Å². The minimum Gasteiger partial charge on any atom is -0.497 e. The predicted molar refractivity (Wildman–Crippen MR) is 125 cm³/mol. The highest BCUT2D eigenvalue weighted by Crippen LogP contribution is 2.22. The number of anilines is 1. The van der Waals surface area contributed by atoms with E-state index in [1.165, 1.54) is 9.20 Å². The molecule has 4 aromatic rings. The van der Waals surface area contributed by atoms with Crippen LogP contribution in [0, 0.1) is 6.92 Å². The molecular formula is C23H24N8O3. The number of aryl methyl sites for hydroxylation is 1. The number of carbonyl (C=O) groups excluding carboxylic acids is 1. The first-order chi connectivity index (χ1) is 16.5. The van der Waals surface area contributed by atoms with E-state index in [1.807, 2.05) is 29.2 Å². The van der Waals surface area contributed by atoms with E-state index in [0.717, 1.165) is 11.3 Å². The van der Waals surface area contributed by atoms with Crippen molar-refractivity contribution in [3.05, 3.63) is 65.0 Å². The molecule has 0 spiro atoms. The highest BCUT2D eigenvalue weighted by atomic mass is 16.5. The summed E-state index contributed by atoms with van der Waals surface area (Å²) in [6.07, 6.45) is 3.40. The lowest BCUT2D eigenvalue weighted by Gasteiger charge is -2.34. The molecule has 1 saturated heterocycles. The van der Waals surface area contributed by atoms with E-state index < -0.39 is 0 Å². The third-order valence-corrected chi connectivity index (χ3v) is 5.87. The molecule has 11 nitrogen and oxygen atoms in total. The van der Waals surface area contributed by atoms with Gasteiger partial charge in [-0.1, -0.05) is 0 Å². The van der Waals surface area contributed by atoms with Crippen LogP contribution in [0.25, 0.3) is 16.8 Å². The Labute approximate surface area is 195 Å². The molecule has 4 heterocycles. The van der Waals surface area contributed by atoms with Gasteiger partial charge in [0.05, 0.1) is 12.8 Å². The smallest absolute Gasteiger partial charge is 0.293 e. The average molecular weight is 460 g/mol. The second-order valence-electron chi connectivity index (χ2n) is 7.98. The van der Waals surface area contributed by atoms with Gasteiger partial charge < -0.3 is 14.5 Å². The van der Waals surface area contributed by atoms with Gasteiger partial charge in [-0.15, -0.1) is 0 Å². The normalized spacial score (nSPS) is 13.9. The first kappa shape index (κ1) is 21.6. The van der Waals surface area contributed by atoms with Crippen LogP contribution in [0.15, 0.2) is 53.6 Å². The number of nitrogens with zero attached hydrogens (tertiary/aromatic N) is 8. The van der Waals surface area contributed by atoms with Crippen LogP contribution in [0.2, 0.25) is 0 Å². The first-order valence-electron chi connectivity index (χ1n) is 10.9. The van der Waals surface area contributed by atoms with Crippen LogP contribution >= 0.6 is 0 Å². The van der Waals surface area contributed by atoms with E-state index >= 15 is 0 Å². The summed E-state index contributed by atoms with van der Waals surface area (Å²) < 4.78 is 7.94. The number of hydrogen-bond acceptors (Lipinski definition) is 8. The molecule has 0 aliphatic carbocycles. The van der Waals surface area contributed by atoms with Crippen LogP contribution in [0.4, 0.5) is 5.95 Å². The summed E-state index contributed by atoms with van der Waals surface area (Å²) in [5.74, 6) is 1.76. The summed E-state index contributed by atoms with van der Waals surface area (Å²) >= 11 is 0. The summed E-state index contributed by atoms with van der Waals surface area (Å²) in [5.41, 5.74) is 1.51. The Morgan fingerprint density at radius 1 is 1.03 bits per heavy atom. The summed E-state index contributed by atoms with van der Waals surface area (Å²) in [6, 6.07) is 10.9. The molecule has 0 radical (unpaired) electrons. The zero-order valence-electron chi connectivity index (χ0n) is 19.0. The molecule has 34 heavy (non-hydrogen) atoms. The van der Waals surface area contributed by atoms with Gasteiger partial charge in [0, 0.05) is 44.1 Å². The van der Waals surface area contributed by atoms with Crippen LogP contribution in [0.3, 0.4) is 0 Å². The number of carbonyl (C=O) groups is 1. The molecular weight excluding hydrogens is 436 g/mol. The van der Waals surface area contributed by atoms with Crippen molar-refractivity contribution in [2.24, 2.45) is 0 Å². The van der Waals surface area contributed by atoms with E-state index in [9.17, 15) is 9.59 Å². The van der Waals surface area contributed by atoms with Gasteiger partial charge in [0.1, 0.15) is 23.6 Å². The van der Waals surface area contributed by atoms with Gasteiger partial charge in [0.2, 0.25) is 11.9 Å². The Bertz CT molecular complexity index is 1370. The molecule has 11 heteroatoms. The predicted octanol–water partition coefficient (Wildman–Crippen LogP) is 1.01. The first-order valence-corrected chi connectivity index (χ1v) is 10.9. The molecule has 1 aliphatic heterocycles. The minimum atomic E-state index is -0.359. The van der Waals surface area contributed by atoms with Crippen LogP contribution < -0.4 is 15.2 Å². The number of piperazine rings is 1. The maximum absolute atomic E-state index is 13.1. The summed E-state index contributed by atoms with van der Waals surface area (Å²) in [4.78, 5) is 38.4. The van der Waals surface area contributed by atoms with Gasteiger partial charge in [0.15, 0.2) is 0 Å². The monoisotopic (exact) mass is 460 g/mol. The number of hydrogen-bond donors (Lipinski definition) is 0. The molecule has 1 amide bonds. The SMILES string of the molecule is COc1ccc(-c2cc3c(=O)n(CC(=O)N4CCN(c5ncccn5)CC4)nc(C)n3n2)cc1. The molecule has 1 aliphatic rings. The Balaban J connectivity index is 1.33. The number of ether oxygens (including phenoxy) is 1. The van der Waals surface area contributed by atoms with Crippen LogP contribution in [0.5, 0.6) is 5.75 Å². The Hall–Kier alpha value is -4.28. The fraction of sp³-hybridized carbons (Fsp3) is 0.304. The van der Waals surface area contributed by atoms with Gasteiger partial charge in [-0.05, 0) is 43.3 Å². The van der Waals surface area contributed by atoms with Crippen LogP contribution in [-0.4, -0.2) is 73.5 Å². The lowest BCUT2D eigenvalue weighted by atomic mass is 10.1. The van der Waals surface area contributed by atoms with Crippen molar-refractivity contribution in [1.82, 2.24) is 34.3 Å². The Morgan fingerprint density at radius 2 is 1.74 bits per heavy atom. The van der Waals surface area contributed by atoms with Crippen molar-refractivity contribution in [2.75, 3.05) is 38.2 Å². The lowest BCUT2D eigenvalue weighted by molar-refractivity contribution is -0.132. The van der Waals surface area contributed by atoms with Gasteiger partial charge >= 0.3 is 0 Å². The average Bonchev–Trinajstić information content (AvgIpc) is 3.34. The van der Waals surface area contributed by atoms with Crippen LogP contribution in [-0.2, 0) is 11.3 Å². The van der Waals surface area contributed by atoms with Crippen molar-refractivity contribution >= 4 is 17.4 Å². The number of amides is 1. The number of methoxy groups -OCH3 is 1. The zero-order chi connectivity index (χ0) is 23.7. The highest BCUT2D eigenvalue weighted by Gasteiger charge is 2.24.